The summed E-state index contributed by atoms with van der Waals surface area (Å²) in [6, 6.07) is 9.44. The van der Waals surface area contributed by atoms with Gasteiger partial charge >= 0.3 is 0 Å². The Hall–Kier alpha value is -2.63. The van der Waals surface area contributed by atoms with Gasteiger partial charge < -0.3 is 24.5 Å². The fraction of sp³-hybridized carbons (Fsp3) is 0.312. The lowest BCUT2D eigenvalue weighted by molar-refractivity contribution is 0.355. The Labute approximate surface area is 130 Å². The number of guanidine groups is 1. The molecule has 0 bridgehead atoms. The van der Waals surface area contributed by atoms with Crippen molar-refractivity contribution in [2.75, 3.05) is 33.1 Å². The summed E-state index contributed by atoms with van der Waals surface area (Å²) in [5, 5.41) is 6.44. The number of methoxy groups -OCH3 is 2. The van der Waals surface area contributed by atoms with Crippen LogP contribution in [-0.4, -0.2) is 33.8 Å². The van der Waals surface area contributed by atoms with Crippen molar-refractivity contribution in [3.8, 4) is 11.5 Å². The van der Waals surface area contributed by atoms with Crippen molar-refractivity contribution in [2.45, 2.75) is 6.42 Å². The van der Waals surface area contributed by atoms with E-state index in [1.807, 2.05) is 30.3 Å². The Morgan fingerprint density at radius 3 is 2.64 bits per heavy atom. The molecule has 0 aliphatic carbocycles. The second-order valence-corrected chi connectivity index (χ2v) is 4.52. The molecule has 0 amide bonds. The lowest BCUT2D eigenvalue weighted by Crippen LogP contribution is -2.32. The molecule has 0 aliphatic heterocycles. The first kappa shape index (κ1) is 15.8. The summed E-state index contributed by atoms with van der Waals surface area (Å²) in [6.07, 6.45) is 2.46. The number of aliphatic imine (C=N–C) groups is 1. The number of hydrogen-bond acceptors (Lipinski definition) is 4. The third kappa shape index (κ3) is 4.18. The summed E-state index contributed by atoms with van der Waals surface area (Å²) in [5.74, 6) is 2.97. The highest BCUT2D eigenvalue weighted by Crippen LogP contribution is 2.29. The molecule has 0 radical (unpaired) electrons. The number of ether oxygens (including phenoxy) is 2. The lowest BCUT2D eigenvalue weighted by atomic mass is 10.2. The van der Waals surface area contributed by atoms with Crippen molar-refractivity contribution in [1.82, 2.24) is 5.32 Å². The molecule has 0 atom stereocenters. The van der Waals surface area contributed by atoms with Crippen LogP contribution in [-0.2, 0) is 6.42 Å². The molecule has 118 valence electrons. The third-order valence-electron chi connectivity index (χ3n) is 3.11. The van der Waals surface area contributed by atoms with E-state index in [9.17, 15) is 0 Å². The van der Waals surface area contributed by atoms with Crippen molar-refractivity contribution >= 4 is 11.6 Å². The maximum Gasteiger partial charge on any atom is 0.195 e. The van der Waals surface area contributed by atoms with Gasteiger partial charge in [0.05, 0.1) is 20.5 Å². The number of benzene rings is 1. The molecular formula is C16H21N3O3. The average molecular weight is 303 g/mol. The van der Waals surface area contributed by atoms with Gasteiger partial charge in [0.2, 0.25) is 0 Å². The predicted octanol–water partition coefficient (Wildman–Crippen LogP) is 2.53. The molecule has 1 aromatic heterocycles. The molecule has 1 heterocycles. The Kier molecular flexibility index (Phi) is 5.71. The minimum Gasteiger partial charge on any atom is -0.493 e. The maximum atomic E-state index is 5.29. The summed E-state index contributed by atoms with van der Waals surface area (Å²) in [7, 11) is 4.95. The van der Waals surface area contributed by atoms with Gasteiger partial charge in [-0.3, -0.25) is 4.99 Å². The van der Waals surface area contributed by atoms with Crippen molar-refractivity contribution in [1.29, 1.82) is 0 Å². The standard InChI is InChI=1S/C16H21N3O3/c1-17-16(18-9-8-13-5-4-10-22-13)19-12-6-7-14(20-2)15(11-12)21-3/h4-7,10-11H,8-9H2,1-3H3,(H2,17,18,19). The zero-order valence-corrected chi connectivity index (χ0v) is 13.1. The van der Waals surface area contributed by atoms with Crippen LogP contribution in [0.25, 0.3) is 0 Å². The zero-order valence-electron chi connectivity index (χ0n) is 13.1. The van der Waals surface area contributed by atoms with Gasteiger partial charge in [-0.15, -0.1) is 0 Å². The van der Waals surface area contributed by atoms with Crippen LogP contribution in [0.5, 0.6) is 11.5 Å². The molecular weight excluding hydrogens is 282 g/mol. The van der Waals surface area contributed by atoms with Crippen molar-refractivity contribution in [2.24, 2.45) is 4.99 Å². The van der Waals surface area contributed by atoms with Gasteiger partial charge in [0.1, 0.15) is 5.76 Å². The van der Waals surface area contributed by atoms with Crippen molar-refractivity contribution in [3.63, 3.8) is 0 Å². The zero-order chi connectivity index (χ0) is 15.8. The van der Waals surface area contributed by atoms with Crippen LogP contribution in [0.3, 0.4) is 0 Å². The SMILES string of the molecule is CN=C(NCCc1ccco1)Nc1ccc(OC)c(OC)c1. The minimum atomic E-state index is 0.665. The largest absolute Gasteiger partial charge is 0.493 e. The first-order chi connectivity index (χ1) is 10.8. The molecule has 2 rings (SSSR count). The smallest absolute Gasteiger partial charge is 0.195 e. The number of nitrogens with one attached hydrogen (secondary N) is 2. The van der Waals surface area contributed by atoms with E-state index in [0.717, 1.165) is 24.4 Å². The van der Waals surface area contributed by atoms with E-state index in [2.05, 4.69) is 15.6 Å². The number of furan rings is 1. The highest BCUT2D eigenvalue weighted by atomic mass is 16.5. The van der Waals surface area contributed by atoms with Gasteiger partial charge in [-0.1, -0.05) is 0 Å². The van der Waals surface area contributed by atoms with Crippen LogP contribution >= 0.6 is 0 Å². The summed E-state index contributed by atoms with van der Waals surface area (Å²) >= 11 is 0. The van der Waals surface area contributed by atoms with Crippen LogP contribution in [0.4, 0.5) is 5.69 Å². The topological polar surface area (TPSA) is 68.0 Å². The van der Waals surface area contributed by atoms with E-state index in [-0.39, 0.29) is 0 Å². The molecule has 22 heavy (non-hydrogen) atoms. The summed E-state index contributed by atoms with van der Waals surface area (Å²) < 4.78 is 15.8. The lowest BCUT2D eigenvalue weighted by Gasteiger charge is -2.13. The van der Waals surface area contributed by atoms with E-state index in [1.54, 1.807) is 27.5 Å². The first-order valence-corrected chi connectivity index (χ1v) is 6.99. The van der Waals surface area contributed by atoms with Crippen molar-refractivity contribution < 1.29 is 13.9 Å². The Morgan fingerprint density at radius 2 is 2.00 bits per heavy atom. The van der Waals surface area contributed by atoms with E-state index < -0.39 is 0 Å². The van der Waals surface area contributed by atoms with E-state index in [1.165, 1.54) is 0 Å². The van der Waals surface area contributed by atoms with Gasteiger partial charge in [-0.25, -0.2) is 0 Å². The molecule has 6 nitrogen and oxygen atoms in total. The quantitative estimate of drug-likeness (QED) is 0.634. The summed E-state index contributed by atoms with van der Waals surface area (Å²) in [4.78, 5) is 4.19. The molecule has 0 spiro atoms. The van der Waals surface area contributed by atoms with Crippen LogP contribution in [0.2, 0.25) is 0 Å². The second-order valence-electron chi connectivity index (χ2n) is 4.52. The van der Waals surface area contributed by atoms with Gasteiger partial charge in [-0.2, -0.15) is 0 Å². The van der Waals surface area contributed by atoms with Crippen LogP contribution in [0, 0.1) is 0 Å². The van der Waals surface area contributed by atoms with Crippen LogP contribution in [0.1, 0.15) is 5.76 Å². The van der Waals surface area contributed by atoms with E-state index in [0.29, 0.717) is 17.5 Å². The molecule has 0 fully saturated rings. The molecule has 1 aromatic carbocycles. The van der Waals surface area contributed by atoms with Gasteiger partial charge in [0.25, 0.3) is 0 Å². The van der Waals surface area contributed by atoms with Gasteiger partial charge in [-0.05, 0) is 24.3 Å². The normalized spacial score (nSPS) is 11.1. The van der Waals surface area contributed by atoms with E-state index in [4.69, 9.17) is 13.9 Å². The molecule has 6 heteroatoms. The van der Waals surface area contributed by atoms with E-state index >= 15 is 0 Å². The fourth-order valence-corrected chi connectivity index (χ4v) is 1.99. The molecule has 0 saturated carbocycles. The first-order valence-electron chi connectivity index (χ1n) is 6.99. The highest BCUT2D eigenvalue weighted by Gasteiger charge is 2.06. The number of rotatable bonds is 6. The van der Waals surface area contributed by atoms with Crippen LogP contribution in [0.15, 0.2) is 46.0 Å². The minimum absolute atomic E-state index is 0.665. The molecule has 0 unspecified atom stereocenters. The average Bonchev–Trinajstić information content (AvgIpc) is 3.07. The Morgan fingerprint density at radius 1 is 1.18 bits per heavy atom. The third-order valence-corrected chi connectivity index (χ3v) is 3.11. The highest BCUT2D eigenvalue weighted by molar-refractivity contribution is 5.93. The number of hydrogen-bond donors (Lipinski definition) is 2. The van der Waals surface area contributed by atoms with Gasteiger partial charge in [0.15, 0.2) is 17.5 Å². The second kappa shape index (κ2) is 7.97. The summed E-state index contributed by atoms with van der Waals surface area (Å²) in [6.45, 7) is 0.723. The molecule has 0 aliphatic rings. The van der Waals surface area contributed by atoms with Crippen LogP contribution < -0.4 is 20.1 Å². The monoisotopic (exact) mass is 303 g/mol. The molecule has 0 saturated heterocycles. The number of anilines is 1. The molecule has 2 N–H and O–H groups in total. The van der Waals surface area contributed by atoms with Crippen molar-refractivity contribution in [3.05, 3.63) is 42.4 Å². The molecule has 2 aromatic rings. The van der Waals surface area contributed by atoms with Gasteiger partial charge in [0, 0.05) is 31.8 Å². The fourth-order valence-electron chi connectivity index (χ4n) is 1.99. The predicted molar refractivity (Wildman–Crippen MR) is 86.9 cm³/mol. The Bertz CT molecular complexity index is 609. The number of nitrogens with zero attached hydrogens (tertiary/aromatic N) is 1. The Balaban J connectivity index is 1.92. The summed E-state index contributed by atoms with van der Waals surface area (Å²) in [5.41, 5.74) is 0.865. The maximum absolute atomic E-state index is 5.29.